The van der Waals surface area contributed by atoms with Crippen LogP contribution in [-0.2, 0) is 6.42 Å². The van der Waals surface area contributed by atoms with Gasteiger partial charge in [-0.25, -0.2) is 0 Å². The van der Waals surface area contributed by atoms with Gasteiger partial charge in [-0.3, -0.25) is 0 Å². The molecule has 0 fully saturated rings. The Hall–Kier alpha value is -3.00. The Balaban J connectivity index is 1.89. The third-order valence-corrected chi connectivity index (χ3v) is 4.93. The normalized spacial score (nSPS) is 12.5. The summed E-state index contributed by atoms with van der Waals surface area (Å²) >= 11 is 0. The van der Waals surface area contributed by atoms with E-state index in [2.05, 4.69) is 42.5 Å². The molecule has 0 amide bonds. The Labute approximate surface area is 133 Å². The van der Waals surface area contributed by atoms with Gasteiger partial charge in [-0.05, 0) is 63.0 Å². The van der Waals surface area contributed by atoms with Gasteiger partial charge in [0.05, 0.1) is 0 Å². The van der Waals surface area contributed by atoms with E-state index in [9.17, 15) is 10.2 Å². The summed E-state index contributed by atoms with van der Waals surface area (Å²) in [6, 6.07) is 20.2. The maximum Gasteiger partial charge on any atom is 0.165 e. The van der Waals surface area contributed by atoms with Crippen LogP contribution in [-0.4, -0.2) is 10.2 Å². The molecule has 0 atom stereocenters. The van der Waals surface area contributed by atoms with E-state index in [1.54, 1.807) is 6.07 Å². The summed E-state index contributed by atoms with van der Waals surface area (Å²) in [5.41, 5.74) is 5.33. The van der Waals surface area contributed by atoms with Crippen molar-refractivity contribution < 1.29 is 10.2 Å². The highest BCUT2D eigenvalue weighted by atomic mass is 16.3. The zero-order valence-electron chi connectivity index (χ0n) is 12.4. The minimum absolute atomic E-state index is 0.0480. The lowest BCUT2D eigenvalue weighted by molar-refractivity contribution is 0.408. The molecule has 23 heavy (non-hydrogen) atoms. The summed E-state index contributed by atoms with van der Waals surface area (Å²) in [6.45, 7) is 0. The first-order chi connectivity index (χ1) is 11.2. The van der Waals surface area contributed by atoms with Crippen molar-refractivity contribution >= 4 is 21.5 Å². The quantitative estimate of drug-likeness (QED) is 0.313. The fourth-order valence-electron chi connectivity index (χ4n) is 3.83. The van der Waals surface area contributed by atoms with Crippen LogP contribution in [0.2, 0.25) is 0 Å². The number of fused-ring (bicyclic) bond motifs is 7. The summed E-state index contributed by atoms with van der Waals surface area (Å²) in [7, 11) is 0. The maximum absolute atomic E-state index is 10.1. The number of phenolic OH excluding ortho intramolecular Hbond substituents is 2. The highest BCUT2D eigenvalue weighted by Gasteiger charge is 2.20. The van der Waals surface area contributed by atoms with Crippen molar-refractivity contribution in [3.63, 3.8) is 0 Å². The third-order valence-electron chi connectivity index (χ3n) is 4.93. The van der Waals surface area contributed by atoms with Crippen LogP contribution in [0, 0.1) is 0 Å². The van der Waals surface area contributed by atoms with Crippen LogP contribution in [0.1, 0.15) is 11.1 Å². The molecule has 0 aromatic heterocycles. The molecule has 2 N–H and O–H groups in total. The van der Waals surface area contributed by atoms with Gasteiger partial charge in [0.1, 0.15) is 0 Å². The molecule has 110 valence electrons. The SMILES string of the molecule is Oc1ccc2c(ccc3c4c(ccc32)-c2ccccc2C4)c1O. The molecule has 5 rings (SSSR count). The Morgan fingerprint density at radius 2 is 1.30 bits per heavy atom. The minimum atomic E-state index is -0.0783. The second kappa shape index (κ2) is 4.26. The number of phenols is 2. The van der Waals surface area contributed by atoms with Gasteiger partial charge in [-0.2, -0.15) is 0 Å². The second-order valence-electron chi connectivity index (χ2n) is 6.11. The lowest BCUT2D eigenvalue weighted by Gasteiger charge is -2.10. The van der Waals surface area contributed by atoms with Gasteiger partial charge in [0.25, 0.3) is 0 Å². The monoisotopic (exact) mass is 298 g/mol. The Morgan fingerprint density at radius 3 is 2.22 bits per heavy atom. The summed E-state index contributed by atoms with van der Waals surface area (Å²) < 4.78 is 0. The van der Waals surface area contributed by atoms with Gasteiger partial charge < -0.3 is 10.2 Å². The van der Waals surface area contributed by atoms with Crippen molar-refractivity contribution in [2.24, 2.45) is 0 Å². The van der Waals surface area contributed by atoms with Crippen LogP contribution in [0.4, 0.5) is 0 Å². The number of hydrogen-bond donors (Lipinski definition) is 2. The van der Waals surface area contributed by atoms with Crippen LogP contribution >= 0.6 is 0 Å². The summed E-state index contributed by atoms with van der Waals surface area (Å²) in [5.74, 6) is -0.126. The van der Waals surface area contributed by atoms with E-state index in [1.165, 1.54) is 27.6 Å². The summed E-state index contributed by atoms with van der Waals surface area (Å²) in [6.07, 6.45) is 0.943. The van der Waals surface area contributed by atoms with Crippen molar-refractivity contribution in [1.29, 1.82) is 0 Å². The molecule has 0 aliphatic heterocycles. The third kappa shape index (κ3) is 1.58. The molecule has 2 nitrogen and oxygen atoms in total. The largest absolute Gasteiger partial charge is 0.504 e. The van der Waals surface area contributed by atoms with Crippen LogP contribution < -0.4 is 0 Å². The fraction of sp³-hybridized carbons (Fsp3) is 0.0476. The molecular formula is C21H14O2. The number of aromatic hydroxyl groups is 2. The van der Waals surface area contributed by atoms with Gasteiger partial charge >= 0.3 is 0 Å². The average molecular weight is 298 g/mol. The van der Waals surface area contributed by atoms with Gasteiger partial charge in [0.15, 0.2) is 11.5 Å². The molecule has 0 spiro atoms. The van der Waals surface area contributed by atoms with Crippen LogP contribution in [0.3, 0.4) is 0 Å². The molecular weight excluding hydrogens is 284 g/mol. The molecule has 1 aliphatic rings. The first kappa shape index (κ1) is 12.5. The van der Waals surface area contributed by atoms with Gasteiger partial charge in [0, 0.05) is 5.39 Å². The van der Waals surface area contributed by atoms with Crippen molar-refractivity contribution in [3.05, 3.63) is 71.8 Å². The molecule has 0 unspecified atom stereocenters. The smallest absolute Gasteiger partial charge is 0.165 e. The van der Waals surface area contributed by atoms with Crippen molar-refractivity contribution in [2.75, 3.05) is 0 Å². The summed E-state index contributed by atoms with van der Waals surface area (Å²) in [5, 5.41) is 23.8. The van der Waals surface area contributed by atoms with Gasteiger partial charge in [-0.1, -0.05) is 42.5 Å². The maximum atomic E-state index is 10.1. The van der Waals surface area contributed by atoms with Crippen molar-refractivity contribution in [1.82, 2.24) is 0 Å². The predicted octanol–water partition coefficient (Wildman–Crippen LogP) is 4.98. The Bertz CT molecular complexity index is 1110. The molecule has 0 saturated heterocycles. The first-order valence-corrected chi connectivity index (χ1v) is 7.71. The average Bonchev–Trinajstić information content (AvgIpc) is 2.96. The molecule has 4 aromatic rings. The highest BCUT2D eigenvalue weighted by Crippen LogP contribution is 2.43. The highest BCUT2D eigenvalue weighted by molar-refractivity contribution is 6.12. The molecule has 0 heterocycles. The molecule has 4 aromatic carbocycles. The lowest BCUT2D eigenvalue weighted by Crippen LogP contribution is -1.86. The van der Waals surface area contributed by atoms with E-state index in [4.69, 9.17) is 0 Å². The molecule has 0 bridgehead atoms. The summed E-state index contributed by atoms with van der Waals surface area (Å²) in [4.78, 5) is 0. The second-order valence-corrected chi connectivity index (χ2v) is 6.11. The van der Waals surface area contributed by atoms with E-state index < -0.39 is 0 Å². The molecule has 2 heteroatoms. The number of benzene rings is 4. The van der Waals surface area contributed by atoms with Crippen molar-refractivity contribution in [2.45, 2.75) is 6.42 Å². The van der Waals surface area contributed by atoms with Gasteiger partial charge in [0.2, 0.25) is 0 Å². The van der Waals surface area contributed by atoms with E-state index in [0.717, 1.165) is 17.2 Å². The zero-order chi connectivity index (χ0) is 15.6. The number of rotatable bonds is 0. The fourth-order valence-corrected chi connectivity index (χ4v) is 3.83. The van der Waals surface area contributed by atoms with Crippen LogP contribution in [0.15, 0.2) is 60.7 Å². The topological polar surface area (TPSA) is 40.5 Å². The minimum Gasteiger partial charge on any atom is -0.504 e. The Morgan fingerprint density at radius 1 is 0.609 bits per heavy atom. The van der Waals surface area contributed by atoms with Gasteiger partial charge in [-0.15, -0.1) is 0 Å². The van der Waals surface area contributed by atoms with E-state index >= 15 is 0 Å². The predicted molar refractivity (Wildman–Crippen MR) is 93.0 cm³/mol. The van der Waals surface area contributed by atoms with Crippen LogP contribution in [0.5, 0.6) is 11.5 Å². The Kier molecular flexibility index (Phi) is 2.32. The van der Waals surface area contributed by atoms with E-state index in [1.807, 2.05) is 12.1 Å². The van der Waals surface area contributed by atoms with E-state index in [0.29, 0.717) is 5.39 Å². The van der Waals surface area contributed by atoms with Crippen LogP contribution in [0.25, 0.3) is 32.7 Å². The first-order valence-electron chi connectivity index (χ1n) is 7.71. The van der Waals surface area contributed by atoms with Crippen molar-refractivity contribution in [3.8, 4) is 22.6 Å². The molecule has 0 saturated carbocycles. The number of hydrogen-bond acceptors (Lipinski definition) is 2. The molecule has 1 aliphatic carbocycles. The zero-order valence-corrected chi connectivity index (χ0v) is 12.4. The molecule has 0 radical (unpaired) electrons. The standard InChI is InChI=1S/C21H14O2/c22-20-10-9-16-15-6-5-14-13-4-2-1-3-12(13)11-19(14)17(15)7-8-18(16)21(20)23/h1-10,22-23H,11H2. The lowest BCUT2D eigenvalue weighted by atomic mass is 9.95. The van der Waals surface area contributed by atoms with E-state index in [-0.39, 0.29) is 11.5 Å².